The van der Waals surface area contributed by atoms with E-state index in [4.69, 9.17) is 9.47 Å². The molecule has 0 bridgehead atoms. The summed E-state index contributed by atoms with van der Waals surface area (Å²) in [7, 11) is 1.59. The zero-order chi connectivity index (χ0) is 20.8. The monoisotopic (exact) mass is 394 g/mol. The Balaban J connectivity index is 1.68. The maximum Gasteiger partial charge on any atom is 0.251 e. The molecular formula is C23H26N2O4. The second-order valence-electron chi connectivity index (χ2n) is 7.17. The highest BCUT2D eigenvalue weighted by molar-refractivity contribution is 5.95. The van der Waals surface area contributed by atoms with E-state index in [1.165, 1.54) is 6.08 Å². The highest BCUT2D eigenvalue weighted by Gasteiger charge is 2.20. The Hall–Kier alpha value is -3.28. The molecular weight excluding hydrogens is 368 g/mol. The number of carbonyl (C=O) groups is 2. The van der Waals surface area contributed by atoms with Gasteiger partial charge in [0.15, 0.2) is 11.5 Å². The second-order valence-corrected chi connectivity index (χ2v) is 7.17. The molecule has 2 aromatic rings. The van der Waals surface area contributed by atoms with Gasteiger partial charge in [0, 0.05) is 18.7 Å². The largest absolute Gasteiger partial charge is 0.486 e. The summed E-state index contributed by atoms with van der Waals surface area (Å²) in [6.07, 6.45) is 3.23. The third-order valence-corrected chi connectivity index (χ3v) is 4.72. The lowest BCUT2D eigenvalue weighted by Gasteiger charge is -2.25. The molecule has 1 aliphatic rings. The molecule has 3 rings (SSSR count). The van der Waals surface area contributed by atoms with E-state index < -0.39 is 0 Å². The molecule has 6 heteroatoms. The van der Waals surface area contributed by atoms with Gasteiger partial charge in [-0.05, 0) is 47.4 Å². The fourth-order valence-corrected chi connectivity index (χ4v) is 3.15. The molecule has 0 fully saturated rings. The zero-order valence-corrected chi connectivity index (χ0v) is 16.9. The normalized spacial score (nSPS) is 13.9. The molecule has 152 valence electrons. The predicted molar refractivity (Wildman–Crippen MR) is 112 cm³/mol. The van der Waals surface area contributed by atoms with Crippen molar-refractivity contribution >= 4 is 17.9 Å². The van der Waals surface area contributed by atoms with Gasteiger partial charge < -0.3 is 20.1 Å². The highest BCUT2D eigenvalue weighted by Crippen LogP contribution is 2.34. The minimum Gasteiger partial charge on any atom is -0.486 e. The van der Waals surface area contributed by atoms with Gasteiger partial charge in [0.05, 0.1) is 6.04 Å². The van der Waals surface area contributed by atoms with Gasteiger partial charge in [0.1, 0.15) is 13.2 Å². The molecule has 0 aromatic heterocycles. The van der Waals surface area contributed by atoms with Crippen molar-refractivity contribution < 1.29 is 19.1 Å². The molecule has 0 saturated heterocycles. The number of hydrogen-bond acceptors (Lipinski definition) is 4. The van der Waals surface area contributed by atoms with Crippen LogP contribution in [-0.2, 0) is 4.79 Å². The first-order chi connectivity index (χ1) is 14.0. The molecule has 29 heavy (non-hydrogen) atoms. The quantitative estimate of drug-likeness (QED) is 0.737. The van der Waals surface area contributed by atoms with Crippen LogP contribution in [0.2, 0.25) is 0 Å². The van der Waals surface area contributed by atoms with Crippen LogP contribution in [0.4, 0.5) is 0 Å². The number of hydrogen-bond donors (Lipinski definition) is 2. The van der Waals surface area contributed by atoms with Crippen molar-refractivity contribution in [1.29, 1.82) is 0 Å². The van der Waals surface area contributed by atoms with E-state index in [0.29, 0.717) is 24.5 Å². The Bertz CT molecular complexity index is 904. The molecule has 1 heterocycles. The van der Waals surface area contributed by atoms with Gasteiger partial charge in [-0.25, -0.2) is 0 Å². The third kappa shape index (κ3) is 5.16. The SMILES string of the molecule is CNC(=O)c1ccc(/C=C/C(=O)NC(c2ccc3c(c2)OCCO3)C(C)C)cc1. The zero-order valence-electron chi connectivity index (χ0n) is 16.9. The van der Waals surface area contributed by atoms with Gasteiger partial charge in [0.25, 0.3) is 5.91 Å². The molecule has 0 saturated carbocycles. The van der Waals surface area contributed by atoms with Gasteiger partial charge in [-0.3, -0.25) is 9.59 Å². The van der Waals surface area contributed by atoms with Crippen molar-refractivity contribution in [3.05, 3.63) is 65.2 Å². The van der Waals surface area contributed by atoms with Crippen LogP contribution in [-0.4, -0.2) is 32.1 Å². The smallest absolute Gasteiger partial charge is 0.251 e. The van der Waals surface area contributed by atoms with Gasteiger partial charge >= 0.3 is 0 Å². The van der Waals surface area contributed by atoms with Crippen molar-refractivity contribution in [2.75, 3.05) is 20.3 Å². The van der Waals surface area contributed by atoms with Crippen molar-refractivity contribution in [2.45, 2.75) is 19.9 Å². The van der Waals surface area contributed by atoms with Crippen molar-refractivity contribution in [3.63, 3.8) is 0 Å². The van der Waals surface area contributed by atoms with E-state index in [9.17, 15) is 9.59 Å². The number of nitrogens with one attached hydrogen (secondary N) is 2. The number of ether oxygens (including phenoxy) is 2. The predicted octanol–water partition coefficient (Wildman–Crippen LogP) is 3.34. The molecule has 0 spiro atoms. The first-order valence-corrected chi connectivity index (χ1v) is 9.68. The molecule has 0 aliphatic carbocycles. The Labute approximate surface area is 170 Å². The molecule has 1 atom stereocenters. The van der Waals surface area contributed by atoms with Crippen LogP contribution in [0.1, 0.15) is 41.4 Å². The van der Waals surface area contributed by atoms with Gasteiger partial charge in [0.2, 0.25) is 5.91 Å². The molecule has 1 unspecified atom stereocenters. The Morgan fingerprint density at radius 2 is 1.69 bits per heavy atom. The number of amides is 2. The fraction of sp³-hybridized carbons (Fsp3) is 0.304. The molecule has 0 radical (unpaired) electrons. The topological polar surface area (TPSA) is 76.7 Å². The second kappa shape index (κ2) is 9.28. The van der Waals surface area contributed by atoms with Crippen LogP contribution < -0.4 is 20.1 Å². The third-order valence-electron chi connectivity index (χ3n) is 4.72. The van der Waals surface area contributed by atoms with E-state index in [-0.39, 0.29) is 23.8 Å². The van der Waals surface area contributed by atoms with E-state index in [2.05, 4.69) is 24.5 Å². The summed E-state index contributed by atoms with van der Waals surface area (Å²) in [5.41, 5.74) is 2.39. The number of carbonyl (C=O) groups excluding carboxylic acids is 2. The van der Waals surface area contributed by atoms with E-state index in [1.54, 1.807) is 37.4 Å². The highest BCUT2D eigenvalue weighted by atomic mass is 16.6. The summed E-state index contributed by atoms with van der Waals surface area (Å²) in [4.78, 5) is 24.1. The molecule has 6 nitrogen and oxygen atoms in total. The summed E-state index contributed by atoms with van der Waals surface area (Å²) in [5, 5.41) is 5.64. The fourth-order valence-electron chi connectivity index (χ4n) is 3.15. The number of rotatable bonds is 6. The van der Waals surface area contributed by atoms with Gasteiger partial charge in [-0.2, -0.15) is 0 Å². The molecule has 2 aromatic carbocycles. The maximum absolute atomic E-state index is 12.5. The molecule has 1 aliphatic heterocycles. The minimum absolute atomic E-state index is 0.141. The van der Waals surface area contributed by atoms with E-state index >= 15 is 0 Å². The average molecular weight is 394 g/mol. The van der Waals surface area contributed by atoms with Crippen molar-refractivity contribution in [1.82, 2.24) is 10.6 Å². The van der Waals surface area contributed by atoms with Crippen molar-refractivity contribution in [2.24, 2.45) is 5.92 Å². The number of benzene rings is 2. The summed E-state index contributed by atoms with van der Waals surface area (Å²) in [6, 6.07) is 12.7. The average Bonchev–Trinajstić information content (AvgIpc) is 2.75. The lowest BCUT2D eigenvalue weighted by atomic mass is 9.95. The van der Waals surface area contributed by atoms with Gasteiger partial charge in [-0.15, -0.1) is 0 Å². The van der Waals surface area contributed by atoms with Crippen LogP contribution in [0.5, 0.6) is 11.5 Å². The summed E-state index contributed by atoms with van der Waals surface area (Å²) in [6.45, 7) is 5.19. The molecule has 2 N–H and O–H groups in total. The standard InChI is InChI=1S/C23H26N2O4/c1-15(2)22(18-9-10-19-20(14-18)29-13-12-28-19)25-21(26)11-6-16-4-7-17(8-5-16)23(27)24-3/h4-11,14-15,22H,12-13H2,1-3H3,(H,24,27)(H,25,26)/b11-6+. The number of fused-ring (bicyclic) bond motifs is 1. The van der Waals surface area contributed by atoms with Crippen LogP contribution in [0, 0.1) is 5.92 Å². The van der Waals surface area contributed by atoms with Gasteiger partial charge in [-0.1, -0.05) is 32.0 Å². The summed E-state index contributed by atoms with van der Waals surface area (Å²) < 4.78 is 11.2. The summed E-state index contributed by atoms with van der Waals surface area (Å²) in [5.74, 6) is 1.31. The lowest BCUT2D eigenvalue weighted by molar-refractivity contribution is -0.117. The van der Waals surface area contributed by atoms with Crippen LogP contribution in [0.25, 0.3) is 6.08 Å². The van der Waals surface area contributed by atoms with E-state index in [0.717, 1.165) is 16.9 Å². The molecule has 2 amide bonds. The lowest BCUT2D eigenvalue weighted by Crippen LogP contribution is -2.30. The summed E-state index contributed by atoms with van der Waals surface area (Å²) >= 11 is 0. The minimum atomic E-state index is -0.186. The Morgan fingerprint density at radius 1 is 1.00 bits per heavy atom. The van der Waals surface area contributed by atoms with Crippen LogP contribution in [0.15, 0.2) is 48.5 Å². The van der Waals surface area contributed by atoms with Crippen LogP contribution >= 0.6 is 0 Å². The van der Waals surface area contributed by atoms with Crippen LogP contribution in [0.3, 0.4) is 0 Å². The van der Waals surface area contributed by atoms with Crippen molar-refractivity contribution in [3.8, 4) is 11.5 Å². The Morgan fingerprint density at radius 3 is 2.34 bits per heavy atom. The first-order valence-electron chi connectivity index (χ1n) is 9.68. The van der Waals surface area contributed by atoms with E-state index in [1.807, 2.05) is 18.2 Å². The maximum atomic E-state index is 12.5. The first kappa shape index (κ1) is 20.5. The Kier molecular flexibility index (Phi) is 6.54.